The molecule has 8 aromatic carbocycles. The number of aromatic nitrogens is 4. The van der Waals surface area contributed by atoms with Crippen LogP contribution in [0.3, 0.4) is 0 Å². The molecule has 0 spiro atoms. The van der Waals surface area contributed by atoms with Crippen LogP contribution < -0.4 is 18.1 Å². The van der Waals surface area contributed by atoms with E-state index in [-0.39, 0.29) is 5.41 Å². The van der Waals surface area contributed by atoms with Crippen LogP contribution in [0.15, 0.2) is 188 Å². The summed E-state index contributed by atoms with van der Waals surface area (Å²) in [6, 6.07) is 67.0. The fraction of sp³-hybridized carbons (Fsp3) is 0.156. The molecule has 0 radical (unpaired) electrons. The molecule has 0 saturated carbocycles. The summed E-state index contributed by atoms with van der Waals surface area (Å²) < 4.78 is 17.2. The fourth-order valence-electron chi connectivity index (χ4n) is 11.7. The molecule has 0 fully saturated rings. The monoisotopic (exact) mass is 1040 g/mol. The first-order valence-corrected chi connectivity index (χ1v) is 38.5. The Hall–Kier alpha value is -6.93. The summed E-state index contributed by atoms with van der Waals surface area (Å²) in [5.74, 6) is 12.9. The summed E-state index contributed by atoms with van der Waals surface area (Å²) in [6.45, 7) is 6.74. The molecule has 5 nitrogen and oxygen atoms in total. The number of benzene rings is 8. The van der Waals surface area contributed by atoms with E-state index >= 15 is 0 Å². The topological polar surface area (TPSA) is 35.9 Å². The van der Waals surface area contributed by atoms with E-state index < -0.39 is 26.5 Å². The van der Waals surface area contributed by atoms with Crippen LogP contribution in [0.1, 0.15) is 26.3 Å². The number of ether oxygens (including phenoxy) is 1. The fourth-order valence-corrected chi connectivity index (χ4v) is 42.1. The van der Waals surface area contributed by atoms with E-state index in [0.29, 0.717) is 0 Å². The first kappa shape index (κ1) is 44.0. The van der Waals surface area contributed by atoms with Crippen LogP contribution in [0.4, 0.5) is 0 Å². The summed E-state index contributed by atoms with van der Waals surface area (Å²) in [5.41, 5.74) is 17.4. The Bertz CT molecular complexity index is 3980. The van der Waals surface area contributed by atoms with E-state index in [1.807, 2.05) is 6.20 Å². The van der Waals surface area contributed by atoms with Gasteiger partial charge in [0.1, 0.15) is 11.6 Å². The second-order valence-electron chi connectivity index (χ2n) is 22.0. The Morgan fingerprint density at radius 2 is 1.13 bits per heavy atom. The molecule has 0 N–H and O–H groups in total. The van der Waals surface area contributed by atoms with Gasteiger partial charge in [0.05, 0.1) is 11.0 Å². The van der Waals surface area contributed by atoms with Gasteiger partial charge in [0.2, 0.25) is 0 Å². The third kappa shape index (κ3) is 7.17. The standard InChI is InChI=1S/C64H56Ge2N4O/c1-64(2,3)43-33-36-67-61(38-43)70-58-27-13-12-23-52(58)53-31-30-46(40-60(53)70)71-45-18-14-17-44(39-45)68-41-69-62-47(42-29-32-56-57(37-42)66(6,7)35-34-65(56,4)5)24-15-25-54(62)50-21-10-8-19-48(50)49-20-9-11-22-51(49)55-26-16-28-59(68)63(55)69/h8-33,36-40H,34-35H2,1-7H3. The van der Waals surface area contributed by atoms with E-state index in [4.69, 9.17) is 9.72 Å². The van der Waals surface area contributed by atoms with E-state index in [1.165, 1.54) is 66.0 Å². The zero-order chi connectivity index (χ0) is 48.4. The molecule has 0 unspecified atom stereocenters. The Labute approximate surface area is 421 Å². The molecule has 0 saturated heterocycles. The summed E-state index contributed by atoms with van der Waals surface area (Å²) in [5, 5.41) is 5.21. The molecule has 0 aliphatic carbocycles. The van der Waals surface area contributed by atoms with Gasteiger partial charge in [0, 0.05) is 23.0 Å². The van der Waals surface area contributed by atoms with Gasteiger partial charge >= 0.3 is 289 Å². The van der Waals surface area contributed by atoms with Gasteiger partial charge in [0.25, 0.3) is 0 Å². The van der Waals surface area contributed by atoms with Gasteiger partial charge in [-0.05, 0) is 41.3 Å². The van der Waals surface area contributed by atoms with Crippen LogP contribution in [0.2, 0.25) is 33.5 Å². The molecule has 3 aromatic heterocycles. The quantitative estimate of drug-likeness (QED) is 0.0978. The largest absolute Gasteiger partial charge is 0.0592 e. The van der Waals surface area contributed by atoms with Gasteiger partial charge in [-0.3, -0.25) is 4.57 Å². The van der Waals surface area contributed by atoms with Crippen molar-refractivity contribution >= 4 is 68.2 Å². The first-order valence-electron chi connectivity index (χ1n) is 25.1. The smallest absolute Gasteiger partial charge is 0.0149 e. The minimum Gasteiger partial charge on any atom is -0.0149 e. The van der Waals surface area contributed by atoms with Gasteiger partial charge in [-0.1, -0.05) is 39.0 Å². The van der Waals surface area contributed by atoms with Crippen molar-refractivity contribution in [1.29, 1.82) is 0 Å². The van der Waals surface area contributed by atoms with Crippen LogP contribution in [-0.2, 0) is 5.41 Å². The van der Waals surface area contributed by atoms with Crippen molar-refractivity contribution < 1.29 is 9.30 Å². The predicted molar refractivity (Wildman–Crippen MR) is 300 cm³/mol. The molecule has 0 amide bonds. The van der Waals surface area contributed by atoms with Crippen LogP contribution in [0, 0.1) is 6.33 Å². The van der Waals surface area contributed by atoms with Crippen molar-refractivity contribution in [2.45, 2.75) is 59.7 Å². The van der Waals surface area contributed by atoms with Crippen molar-refractivity contribution in [3.05, 3.63) is 200 Å². The first-order chi connectivity index (χ1) is 34.3. The zero-order valence-electron chi connectivity index (χ0n) is 41.5. The molecule has 11 aromatic rings. The normalized spacial score (nSPS) is 14.5. The number of hydrogen-bond donors (Lipinski definition) is 0. The Kier molecular flexibility index (Phi) is 10.1. The molecular weight excluding hydrogens is 986 g/mol. The van der Waals surface area contributed by atoms with Crippen molar-refractivity contribution in [2.24, 2.45) is 0 Å². The molecule has 0 atom stereocenters. The van der Waals surface area contributed by atoms with E-state index in [2.05, 4.69) is 246 Å². The molecular formula is C64H56Ge2N4O. The number of fused-ring (bicyclic) bond motifs is 11. The molecule has 5 heterocycles. The number of rotatable bonds is 5. The van der Waals surface area contributed by atoms with Crippen molar-refractivity contribution in [3.63, 3.8) is 0 Å². The molecule has 7 heteroatoms. The second-order valence-corrected chi connectivity index (χ2v) is 42.2. The number of hydrogen-bond acceptors (Lipinski definition) is 2. The number of para-hydroxylation sites is 3. The van der Waals surface area contributed by atoms with Crippen LogP contribution in [-0.4, -0.2) is 40.7 Å². The summed E-state index contributed by atoms with van der Waals surface area (Å²) >= 11 is -4.38. The molecule has 346 valence electrons. The summed E-state index contributed by atoms with van der Waals surface area (Å²) in [4.78, 5) is 4.92. The van der Waals surface area contributed by atoms with E-state index in [0.717, 1.165) is 56.1 Å². The Morgan fingerprint density at radius 1 is 0.521 bits per heavy atom. The third-order valence-corrected chi connectivity index (χ3v) is 33.1. The minimum atomic E-state index is -2.26. The minimum absolute atomic E-state index is 0.0179. The molecule has 2 aliphatic rings. The molecule has 71 heavy (non-hydrogen) atoms. The van der Waals surface area contributed by atoms with Crippen LogP contribution in [0.5, 0.6) is 11.5 Å². The van der Waals surface area contributed by atoms with Gasteiger partial charge in [-0.15, -0.1) is 0 Å². The van der Waals surface area contributed by atoms with Gasteiger partial charge < -0.3 is 0 Å². The van der Waals surface area contributed by atoms with Crippen molar-refractivity contribution in [1.82, 2.24) is 14.1 Å². The number of imidazole rings is 1. The van der Waals surface area contributed by atoms with Gasteiger partial charge in [-0.2, -0.15) is 0 Å². The van der Waals surface area contributed by atoms with Crippen LogP contribution in [0.25, 0.3) is 94.5 Å². The number of pyridine rings is 1. The maximum Gasteiger partial charge on any atom is 0.0592 e. The average Bonchev–Trinajstić information content (AvgIpc) is 3.94. The maximum absolute atomic E-state index is 6.89. The van der Waals surface area contributed by atoms with E-state index in [1.54, 1.807) is 8.79 Å². The van der Waals surface area contributed by atoms with Crippen LogP contribution >= 0.6 is 0 Å². The maximum atomic E-state index is 6.89. The Balaban J connectivity index is 0.997. The van der Waals surface area contributed by atoms with Gasteiger partial charge in [-0.25, -0.2) is 4.98 Å². The second kappa shape index (κ2) is 16.3. The summed E-state index contributed by atoms with van der Waals surface area (Å²) in [6.07, 6.45) is 5.95. The Morgan fingerprint density at radius 3 is 1.90 bits per heavy atom. The van der Waals surface area contributed by atoms with Crippen molar-refractivity contribution in [2.75, 3.05) is 0 Å². The zero-order valence-corrected chi connectivity index (χ0v) is 45.7. The summed E-state index contributed by atoms with van der Waals surface area (Å²) in [7, 11) is 0. The molecule has 13 rings (SSSR count). The molecule has 2 aliphatic heterocycles. The predicted octanol–water partition coefficient (Wildman–Crippen LogP) is 15.1. The average molecular weight is 1040 g/mol. The van der Waals surface area contributed by atoms with E-state index in [9.17, 15) is 0 Å². The molecule has 0 bridgehead atoms. The van der Waals surface area contributed by atoms with Crippen molar-refractivity contribution in [3.8, 4) is 73.2 Å². The SMILES string of the molecule is CC(C)(C)c1ccnc(-n2c3ccccc3c3ccc(Oc4cccc(-n5[c-][n+]6c7c(cccc75)-c5ccccc5-c5ccccc5-c5cccc(-c7cc[c]8[c](c7)[Ge]([CH3])([CH3])[CH2][CH2][Ge]8([CH3])[CH3])c5-6)c4)cc32)c1. The number of nitrogens with zero attached hydrogens (tertiary/aromatic N) is 4. The third-order valence-electron chi connectivity index (χ3n) is 15.6. The van der Waals surface area contributed by atoms with Gasteiger partial charge in [0.15, 0.2) is 0 Å².